The van der Waals surface area contributed by atoms with Crippen LogP contribution in [0, 0.1) is 15.9 Å². The smallest absolute Gasteiger partial charge is 0.305 e. The maximum absolute atomic E-state index is 13.9. The van der Waals surface area contributed by atoms with Crippen LogP contribution in [0.4, 0.5) is 10.1 Å². The van der Waals surface area contributed by atoms with Gasteiger partial charge in [0.15, 0.2) is 0 Å². The molecule has 20 heavy (non-hydrogen) atoms. The molecule has 1 fully saturated rings. The van der Waals surface area contributed by atoms with Crippen LogP contribution in [0.5, 0.6) is 0 Å². The number of hydrogen-bond donors (Lipinski definition) is 2. The van der Waals surface area contributed by atoms with Crippen LogP contribution in [0.2, 0.25) is 0 Å². The van der Waals surface area contributed by atoms with Crippen LogP contribution in [-0.2, 0) is 11.3 Å². The third-order valence-electron chi connectivity index (χ3n) is 3.66. The minimum absolute atomic E-state index is 0.0765. The Kier molecular flexibility index (Phi) is 4.64. The Labute approximate surface area is 115 Å². The summed E-state index contributed by atoms with van der Waals surface area (Å²) in [5.74, 6) is -0.829. The van der Waals surface area contributed by atoms with Gasteiger partial charge in [-0.1, -0.05) is 12.1 Å². The van der Waals surface area contributed by atoms with Crippen molar-refractivity contribution in [2.24, 2.45) is 0 Å². The summed E-state index contributed by atoms with van der Waals surface area (Å²) < 4.78 is 19.2. The average molecular weight is 284 g/mol. The van der Waals surface area contributed by atoms with E-state index in [-0.39, 0.29) is 18.7 Å². The molecular formula is C13H17FN2O4. The molecule has 0 unspecified atom stereocenters. The van der Waals surface area contributed by atoms with Gasteiger partial charge in [0.25, 0.3) is 0 Å². The fourth-order valence-electron chi connectivity index (χ4n) is 2.28. The molecular weight excluding hydrogens is 267 g/mol. The van der Waals surface area contributed by atoms with E-state index in [1.165, 1.54) is 12.1 Å². The van der Waals surface area contributed by atoms with Gasteiger partial charge in [-0.25, -0.2) is 0 Å². The van der Waals surface area contributed by atoms with Crippen molar-refractivity contribution in [2.75, 3.05) is 19.8 Å². The summed E-state index contributed by atoms with van der Waals surface area (Å²) in [6, 6.07) is 4.09. The molecule has 1 aliphatic heterocycles. The number of nitrogens with zero attached hydrogens (tertiary/aromatic N) is 1. The third kappa shape index (κ3) is 3.12. The highest BCUT2D eigenvalue weighted by Gasteiger charge is 2.31. The Morgan fingerprint density at radius 1 is 1.45 bits per heavy atom. The molecule has 2 rings (SSSR count). The topological polar surface area (TPSA) is 84.6 Å². The number of nitro groups is 1. The summed E-state index contributed by atoms with van der Waals surface area (Å²) in [5.41, 5.74) is -0.817. The predicted octanol–water partition coefficient (Wildman–Crippen LogP) is 1.36. The Balaban J connectivity index is 2.10. The first-order chi connectivity index (χ1) is 9.58. The van der Waals surface area contributed by atoms with Crippen LogP contribution >= 0.6 is 0 Å². The first-order valence-electron chi connectivity index (χ1n) is 6.43. The van der Waals surface area contributed by atoms with Crippen LogP contribution in [0.3, 0.4) is 0 Å². The first kappa shape index (κ1) is 14.8. The predicted molar refractivity (Wildman–Crippen MR) is 69.8 cm³/mol. The van der Waals surface area contributed by atoms with Gasteiger partial charge in [-0.05, 0) is 12.8 Å². The lowest BCUT2D eigenvalue weighted by Gasteiger charge is -2.36. The zero-order valence-electron chi connectivity index (χ0n) is 11.0. The molecule has 110 valence electrons. The van der Waals surface area contributed by atoms with E-state index in [4.69, 9.17) is 4.74 Å². The summed E-state index contributed by atoms with van der Waals surface area (Å²) >= 11 is 0. The van der Waals surface area contributed by atoms with Gasteiger partial charge in [0.1, 0.15) is 0 Å². The van der Waals surface area contributed by atoms with Gasteiger partial charge in [0.05, 0.1) is 11.5 Å². The maximum atomic E-state index is 13.9. The van der Waals surface area contributed by atoms with Crippen molar-refractivity contribution in [1.82, 2.24) is 5.32 Å². The standard InChI is InChI=1S/C13H17FN2O4/c14-12-10(2-1-3-11(12)16(18)19)8-15-13(9-17)4-6-20-7-5-13/h1-3,15,17H,4-9H2. The monoisotopic (exact) mass is 284 g/mol. The fraction of sp³-hybridized carbons (Fsp3) is 0.538. The highest BCUT2D eigenvalue weighted by atomic mass is 19.1. The van der Waals surface area contributed by atoms with E-state index in [1.54, 1.807) is 0 Å². The summed E-state index contributed by atoms with van der Waals surface area (Å²) in [7, 11) is 0. The van der Waals surface area contributed by atoms with E-state index in [2.05, 4.69) is 5.32 Å². The minimum atomic E-state index is -0.829. The molecule has 0 saturated carbocycles. The number of benzene rings is 1. The molecule has 0 radical (unpaired) electrons. The van der Waals surface area contributed by atoms with Crippen LogP contribution in [0.25, 0.3) is 0 Å². The molecule has 0 amide bonds. The van der Waals surface area contributed by atoms with Gasteiger partial charge >= 0.3 is 5.69 Å². The summed E-state index contributed by atoms with van der Waals surface area (Å²) in [6.07, 6.45) is 1.25. The van der Waals surface area contributed by atoms with Gasteiger partial charge < -0.3 is 15.2 Å². The number of nitrogens with one attached hydrogen (secondary N) is 1. The molecule has 0 aliphatic carbocycles. The average Bonchev–Trinajstić information content (AvgIpc) is 2.47. The van der Waals surface area contributed by atoms with Crippen LogP contribution < -0.4 is 5.32 Å². The molecule has 0 spiro atoms. The Morgan fingerprint density at radius 2 is 2.15 bits per heavy atom. The van der Waals surface area contributed by atoms with E-state index >= 15 is 0 Å². The molecule has 0 atom stereocenters. The molecule has 1 aromatic rings. The number of ether oxygens (including phenoxy) is 1. The summed E-state index contributed by atoms with van der Waals surface area (Å²) in [6.45, 7) is 1.12. The lowest BCUT2D eigenvalue weighted by Crippen LogP contribution is -2.51. The number of hydrogen-bond acceptors (Lipinski definition) is 5. The van der Waals surface area contributed by atoms with Gasteiger partial charge in [-0.2, -0.15) is 4.39 Å². The molecule has 1 heterocycles. The molecule has 1 saturated heterocycles. The SMILES string of the molecule is O=[N+]([O-])c1cccc(CNC2(CO)CCOCC2)c1F. The van der Waals surface area contributed by atoms with E-state index in [9.17, 15) is 19.6 Å². The van der Waals surface area contributed by atoms with Crippen molar-refractivity contribution in [1.29, 1.82) is 0 Å². The normalized spacial score (nSPS) is 17.9. The Morgan fingerprint density at radius 3 is 2.75 bits per heavy atom. The second-order valence-electron chi connectivity index (χ2n) is 4.91. The summed E-state index contributed by atoms with van der Waals surface area (Å²) in [5, 5.41) is 23.3. The van der Waals surface area contributed by atoms with E-state index < -0.39 is 22.0 Å². The molecule has 0 bridgehead atoms. The van der Waals surface area contributed by atoms with Crippen molar-refractivity contribution >= 4 is 5.69 Å². The van der Waals surface area contributed by atoms with Crippen LogP contribution in [-0.4, -0.2) is 35.4 Å². The highest BCUT2D eigenvalue weighted by molar-refractivity contribution is 5.36. The summed E-state index contributed by atoms with van der Waals surface area (Å²) in [4.78, 5) is 9.95. The molecule has 1 aromatic carbocycles. The van der Waals surface area contributed by atoms with Crippen molar-refractivity contribution in [2.45, 2.75) is 24.9 Å². The largest absolute Gasteiger partial charge is 0.394 e. The molecule has 7 heteroatoms. The van der Waals surface area contributed by atoms with Crippen molar-refractivity contribution in [3.63, 3.8) is 0 Å². The van der Waals surface area contributed by atoms with E-state index in [0.29, 0.717) is 26.1 Å². The number of nitro benzene ring substituents is 1. The number of halogens is 1. The lowest BCUT2D eigenvalue weighted by atomic mass is 9.90. The van der Waals surface area contributed by atoms with Crippen LogP contribution in [0.15, 0.2) is 18.2 Å². The highest BCUT2D eigenvalue weighted by Crippen LogP contribution is 2.23. The van der Waals surface area contributed by atoms with Crippen LogP contribution in [0.1, 0.15) is 18.4 Å². The maximum Gasteiger partial charge on any atom is 0.305 e. The quantitative estimate of drug-likeness (QED) is 0.630. The van der Waals surface area contributed by atoms with Gasteiger partial charge in [0.2, 0.25) is 5.82 Å². The molecule has 2 N–H and O–H groups in total. The second kappa shape index (κ2) is 6.25. The van der Waals surface area contributed by atoms with Crippen molar-refractivity contribution < 1.29 is 19.2 Å². The zero-order chi connectivity index (χ0) is 14.6. The Hall–Kier alpha value is -1.57. The molecule has 1 aliphatic rings. The van der Waals surface area contributed by atoms with Gasteiger partial charge in [-0.3, -0.25) is 10.1 Å². The van der Waals surface area contributed by atoms with E-state index in [0.717, 1.165) is 6.07 Å². The fourth-order valence-corrected chi connectivity index (χ4v) is 2.28. The number of rotatable bonds is 5. The van der Waals surface area contributed by atoms with Crippen molar-refractivity contribution in [3.05, 3.63) is 39.7 Å². The first-order valence-corrected chi connectivity index (χ1v) is 6.43. The number of aliphatic hydroxyl groups is 1. The second-order valence-corrected chi connectivity index (χ2v) is 4.91. The lowest BCUT2D eigenvalue weighted by molar-refractivity contribution is -0.387. The molecule has 0 aromatic heterocycles. The van der Waals surface area contributed by atoms with E-state index in [1.807, 2.05) is 0 Å². The van der Waals surface area contributed by atoms with Crippen molar-refractivity contribution in [3.8, 4) is 0 Å². The number of aliphatic hydroxyl groups excluding tert-OH is 1. The zero-order valence-corrected chi connectivity index (χ0v) is 11.0. The molecule has 6 nitrogen and oxygen atoms in total. The Bertz CT molecular complexity index is 489. The van der Waals surface area contributed by atoms with Gasteiger partial charge in [-0.15, -0.1) is 0 Å². The van der Waals surface area contributed by atoms with Gasteiger partial charge in [0, 0.05) is 36.9 Å². The third-order valence-corrected chi connectivity index (χ3v) is 3.66. The minimum Gasteiger partial charge on any atom is -0.394 e.